The van der Waals surface area contributed by atoms with E-state index in [2.05, 4.69) is 5.32 Å². The van der Waals surface area contributed by atoms with Crippen LogP contribution in [0.2, 0.25) is 0 Å². The summed E-state index contributed by atoms with van der Waals surface area (Å²) in [6, 6.07) is 14.4. The van der Waals surface area contributed by atoms with Gasteiger partial charge in [0.1, 0.15) is 17.3 Å². The van der Waals surface area contributed by atoms with Crippen LogP contribution >= 0.6 is 0 Å². The molecule has 1 amide bonds. The highest BCUT2D eigenvalue weighted by Gasteiger charge is 2.25. The Hall–Kier alpha value is -3.67. The summed E-state index contributed by atoms with van der Waals surface area (Å²) >= 11 is 0. The molecule has 6 heteroatoms. The Morgan fingerprint density at radius 2 is 1.93 bits per heavy atom. The monoisotopic (exact) mass is 363 g/mol. The zero-order chi connectivity index (χ0) is 19.0. The number of carbonyl (C=O) groups is 2. The molecule has 1 aliphatic heterocycles. The summed E-state index contributed by atoms with van der Waals surface area (Å²) in [5.74, 6) is -0.360. The predicted octanol–water partition coefficient (Wildman–Crippen LogP) is 4.37. The fourth-order valence-electron chi connectivity index (χ4n) is 3.01. The molecule has 0 radical (unpaired) electrons. The van der Waals surface area contributed by atoms with Crippen molar-refractivity contribution in [1.29, 1.82) is 0 Å². The van der Waals surface area contributed by atoms with Crippen molar-refractivity contribution in [3.05, 3.63) is 77.3 Å². The number of hydrogen-bond donors (Lipinski definition) is 1. The number of amides is 1. The minimum Gasteiger partial charge on any atom is -0.465 e. The minimum absolute atomic E-state index is 0.312. The van der Waals surface area contributed by atoms with Gasteiger partial charge in [-0.3, -0.25) is 4.79 Å². The highest BCUT2D eigenvalue weighted by atomic mass is 19.1. The van der Waals surface area contributed by atoms with E-state index >= 15 is 0 Å². The molecular weight excluding hydrogens is 349 g/mol. The van der Waals surface area contributed by atoms with Crippen LogP contribution in [0.1, 0.15) is 21.7 Å². The molecule has 0 saturated heterocycles. The van der Waals surface area contributed by atoms with Gasteiger partial charge in [0.15, 0.2) is 0 Å². The molecule has 0 fully saturated rings. The first-order chi connectivity index (χ1) is 13.1. The van der Waals surface area contributed by atoms with Gasteiger partial charge in [0.05, 0.1) is 18.2 Å². The number of carbonyl (C=O) groups excluding carboxylic acids is 2. The number of methoxy groups -OCH3 is 1. The van der Waals surface area contributed by atoms with E-state index in [9.17, 15) is 14.0 Å². The normalized spacial score (nSPS) is 14.1. The molecule has 0 bridgehead atoms. The maximum Gasteiger partial charge on any atom is 0.338 e. The number of halogens is 1. The van der Waals surface area contributed by atoms with Crippen molar-refractivity contribution in [3.63, 3.8) is 0 Å². The Morgan fingerprint density at radius 1 is 1.11 bits per heavy atom. The van der Waals surface area contributed by atoms with Crippen molar-refractivity contribution in [2.75, 3.05) is 12.4 Å². The molecule has 0 aliphatic carbocycles. The Bertz CT molecular complexity index is 1100. The van der Waals surface area contributed by atoms with E-state index in [4.69, 9.17) is 9.15 Å². The number of fused-ring (bicyclic) bond motifs is 1. The second-order valence-electron chi connectivity index (χ2n) is 5.94. The molecular formula is C21H14FNO4. The topological polar surface area (TPSA) is 68.5 Å². The van der Waals surface area contributed by atoms with Crippen LogP contribution < -0.4 is 5.32 Å². The van der Waals surface area contributed by atoms with Crippen LogP contribution in [0.25, 0.3) is 23.0 Å². The molecule has 27 heavy (non-hydrogen) atoms. The van der Waals surface area contributed by atoms with E-state index in [-0.39, 0.29) is 5.91 Å². The summed E-state index contributed by atoms with van der Waals surface area (Å²) in [4.78, 5) is 24.1. The summed E-state index contributed by atoms with van der Waals surface area (Å²) in [6.45, 7) is 0. The lowest BCUT2D eigenvalue weighted by molar-refractivity contribution is -0.110. The second-order valence-corrected chi connectivity index (χ2v) is 5.94. The van der Waals surface area contributed by atoms with Gasteiger partial charge in [-0.05, 0) is 42.5 Å². The SMILES string of the molecule is COC(=O)c1ccccc1-c1ccc(C=C2C(=O)Nc3ccc(F)cc32)o1. The number of furan rings is 1. The van der Waals surface area contributed by atoms with E-state index < -0.39 is 11.8 Å². The van der Waals surface area contributed by atoms with Crippen molar-refractivity contribution >= 4 is 29.2 Å². The van der Waals surface area contributed by atoms with Gasteiger partial charge in [-0.1, -0.05) is 18.2 Å². The summed E-state index contributed by atoms with van der Waals surface area (Å²) in [7, 11) is 1.31. The third-order valence-electron chi connectivity index (χ3n) is 4.28. The van der Waals surface area contributed by atoms with Crippen LogP contribution in [0.15, 0.2) is 59.0 Å². The third-order valence-corrected chi connectivity index (χ3v) is 4.28. The average Bonchev–Trinajstić information content (AvgIpc) is 3.26. The predicted molar refractivity (Wildman–Crippen MR) is 98.4 cm³/mol. The quantitative estimate of drug-likeness (QED) is 0.554. The van der Waals surface area contributed by atoms with Gasteiger partial charge in [-0.2, -0.15) is 0 Å². The van der Waals surface area contributed by atoms with E-state index in [1.807, 2.05) is 0 Å². The number of ether oxygens (including phenoxy) is 1. The molecule has 0 spiro atoms. The van der Waals surface area contributed by atoms with Crippen LogP contribution in [0.3, 0.4) is 0 Å². The van der Waals surface area contributed by atoms with Gasteiger partial charge in [-0.25, -0.2) is 9.18 Å². The van der Waals surface area contributed by atoms with E-state index in [1.54, 1.807) is 42.5 Å². The standard InChI is InChI=1S/C21H14FNO4/c1-26-21(25)15-5-3-2-4-14(15)19-9-7-13(27-19)11-17-16-10-12(22)6-8-18(16)23-20(17)24/h2-11H,1H3,(H,23,24). The molecule has 2 heterocycles. The first kappa shape index (κ1) is 16.8. The molecule has 1 aliphatic rings. The molecule has 5 nitrogen and oxygen atoms in total. The van der Waals surface area contributed by atoms with Gasteiger partial charge < -0.3 is 14.5 Å². The van der Waals surface area contributed by atoms with Crippen LogP contribution in [-0.4, -0.2) is 19.0 Å². The summed E-state index contributed by atoms with van der Waals surface area (Å²) in [6.07, 6.45) is 1.55. The van der Waals surface area contributed by atoms with Crippen LogP contribution in [0.5, 0.6) is 0 Å². The smallest absolute Gasteiger partial charge is 0.338 e. The summed E-state index contributed by atoms with van der Waals surface area (Å²) in [5.41, 5.74) is 2.30. The van der Waals surface area contributed by atoms with Crippen molar-refractivity contribution in [3.8, 4) is 11.3 Å². The molecule has 2 aromatic carbocycles. The van der Waals surface area contributed by atoms with Gasteiger partial charge in [-0.15, -0.1) is 0 Å². The van der Waals surface area contributed by atoms with E-state index in [0.29, 0.717) is 39.5 Å². The highest BCUT2D eigenvalue weighted by molar-refractivity contribution is 6.34. The van der Waals surface area contributed by atoms with Crippen LogP contribution in [-0.2, 0) is 9.53 Å². The highest BCUT2D eigenvalue weighted by Crippen LogP contribution is 2.34. The zero-order valence-electron chi connectivity index (χ0n) is 14.3. The number of rotatable bonds is 3. The molecule has 134 valence electrons. The molecule has 0 saturated carbocycles. The maximum atomic E-state index is 13.5. The van der Waals surface area contributed by atoms with E-state index in [1.165, 1.54) is 25.3 Å². The number of benzene rings is 2. The second kappa shape index (κ2) is 6.57. The number of hydrogen-bond acceptors (Lipinski definition) is 4. The fraction of sp³-hybridized carbons (Fsp3) is 0.0476. The summed E-state index contributed by atoms with van der Waals surface area (Å²) < 4.78 is 24.1. The molecule has 4 rings (SSSR count). The largest absolute Gasteiger partial charge is 0.465 e. The van der Waals surface area contributed by atoms with Crippen molar-refractivity contribution in [2.24, 2.45) is 0 Å². The number of anilines is 1. The van der Waals surface area contributed by atoms with Crippen molar-refractivity contribution < 1.29 is 23.1 Å². The maximum absolute atomic E-state index is 13.5. The molecule has 0 unspecified atom stereocenters. The molecule has 1 aromatic heterocycles. The van der Waals surface area contributed by atoms with Crippen LogP contribution in [0, 0.1) is 5.82 Å². The first-order valence-electron chi connectivity index (χ1n) is 8.17. The fourth-order valence-corrected chi connectivity index (χ4v) is 3.01. The lowest BCUT2D eigenvalue weighted by Crippen LogP contribution is -2.03. The lowest BCUT2D eigenvalue weighted by atomic mass is 10.1. The number of esters is 1. The minimum atomic E-state index is -0.471. The Balaban J connectivity index is 1.73. The van der Waals surface area contributed by atoms with Gasteiger partial charge in [0.25, 0.3) is 5.91 Å². The van der Waals surface area contributed by atoms with Gasteiger partial charge in [0.2, 0.25) is 0 Å². The Morgan fingerprint density at radius 3 is 2.74 bits per heavy atom. The first-order valence-corrected chi connectivity index (χ1v) is 8.17. The average molecular weight is 363 g/mol. The third kappa shape index (κ3) is 3.01. The Kier molecular flexibility index (Phi) is 4.08. The summed E-state index contributed by atoms with van der Waals surface area (Å²) in [5, 5.41) is 2.69. The van der Waals surface area contributed by atoms with Gasteiger partial charge in [0, 0.05) is 16.8 Å². The van der Waals surface area contributed by atoms with Crippen molar-refractivity contribution in [1.82, 2.24) is 0 Å². The molecule has 0 atom stereocenters. The zero-order valence-corrected chi connectivity index (χ0v) is 14.3. The van der Waals surface area contributed by atoms with Crippen molar-refractivity contribution in [2.45, 2.75) is 0 Å². The molecule has 3 aromatic rings. The van der Waals surface area contributed by atoms with Gasteiger partial charge >= 0.3 is 5.97 Å². The lowest BCUT2D eigenvalue weighted by Gasteiger charge is -2.04. The van der Waals surface area contributed by atoms with E-state index in [0.717, 1.165) is 0 Å². The molecule has 1 N–H and O–H groups in total. The number of nitrogens with one attached hydrogen (secondary N) is 1. The Labute approximate surface area is 154 Å². The van der Waals surface area contributed by atoms with Crippen LogP contribution in [0.4, 0.5) is 10.1 Å².